The van der Waals surface area contributed by atoms with E-state index in [2.05, 4.69) is 25.4 Å². The molecule has 0 aliphatic carbocycles. The molecule has 0 saturated carbocycles. The van der Waals surface area contributed by atoms with Crippen LogP contribution in [0.1, 0.15) is 5.76 Å². The van der Waals surface area contributed by atoms with Crippen LogP contribution < -0.4 is 5.32 Å². The van der Waals surface area contributed by atoms with Gasteiger partial charge < -0.3 is 14.8 Å². The Balaban J connectivity index is 1.61. The average Bonchev–Trinajstić information content (AvgIpc) is 3.02. The van der Waals surface area contributed by atoms with Crippen LogP contribution in [0, 0.1) is 6.92 Å². The Morgan fingerprint density at radius 3 is 3.14 bits per heavy atom. The summed E-state index contributed by atoms with van der Waals surface area (Å²) in [6, 6.07) is 3.38. The number of anilines is 1. The number of nitrogens with zero attached hydrogens (tertiary/aromatic N) is 3. The van der Waals surface area contributed by atoms with Gasteiger partial charge in [-0.05, 0) is 13.0 Å². The lowest BCUT2D eigenvalue weighted by Gasteiger charge is -1.98. The molecule has 0 bridgehead atoms. The predicted molar refractivity (Wildman–Crippen MR) is 79.5 cm³/mol. The van der Waals surface area contributed by atoms with Crippen molar-refractivity contribution in [1.82, 2.24) is 20.1 Å². The molecule has 3 aromatic heterocycles. The minimum Gasteiger partial charge on any atom is -0.360 e. The van der Waals surface area contributed by atoms with Crippen molar-refractivity contribution in [3.63, 3.8) is 0 Å². The molecular weight excluding hydrogens is 314 g/mol. The molecule has 21 heavy (non-hydrogen) atoms. The van der Waals surface area contributed by atoms with Gasteiger partial charge in [0.1, 0.15) is 5.76 Å². The Kier molecular flexibility index (Phi) is 3.80. The first-order valence-electron chi connectivity index (χ1n) is 5.97. The lowest BCUT2D eigenvalue weighted by molar-refractivity contribution is -0.113. The van der Waals surface area contributed by atoms with Crippen LogP contribution in [0.4, 0.5) is 5.82 Å². The summed E-state index contributed by atoms with van der Waals surface area (Å²) in [6.45, 7) is 1.75. The number of aromatic amines is 1. The molecule has 0 aliphatic rings. The lowest BCUT2D eigenvalue weighted by atomic mass is 10.4. The van der Waals surface area contributed by atoms with E-state index in [4.69, 9.17) is 16.1 Å². The molecule has 0 aromatic carbocycles. The van der Waals surface area contributed by atoms with Crippen LogP contribution in [-0.4, -0.2) is 31.8 Å². The zero-order chi connectivity index (χ0) is 14.8. The van der Waals surface area contributed by atoms with E-state index >= 15 is 0 Å². The first-order chi connectivity index (χ1) is 10.1. The van der Waals surface area contributed by atoms with E-state index in [1.54, 1.807) is 19.1 Å². The number of pyridine rings is 1. The van der Waals surface area contributed by atoms with Gasteiger partial charge in [-0.1, -0.05) is 28.5 Å². The molecule has 0 unspecified atom stereocenters. The molecule has 0 saturated heterocycles. The quantitative estimate of drug-likeness (QED) is 0.716. The number of fused-ring (bicyclic) bond motifs is 1. The fraction of sp³-hybridized carbons (Fsp3) is 0.167. The van der Waals surface area contributed by atoms with E-state index in [1.807, 2.05) is 0 Å². The summed E-state index contributed by atoms with van der Waals surface area (Å²) in [7, 11) is 0. The normalized spacial score (nSPS) is 11.0. The summed E-state index contributed by atoms with van der Waals surface area (Å²) < 4.78 is 4.87. The number of halogens is 1. The number of hydrogen-bond acceptors (Lipinski definition) is 6. The zero-order valence-corrected chi connectivity index (χ0v) is 12.5. The molecule has 0 aliphatic heterocycles. The monoisotopic (exact) mass is 323 g/mol. The van der Waals surface area contributed by atoms with Crippen LogP contribution >= 0.6 is 23.4 Å². The van der Waals surface area contributed by atoms with Gasteiger partial charge in [0.15, 0.2) is 16.6 Å². The maximum Gasteiger partial charge on any atom is 0.236 e. The third-order valence-electron chi connectivity index (χ3n) is 2.52. The number of aromatic nitrogens is 4. The molecule has 0 radical (unpaired) electrons. The van der Waals surface area contributed by atoms with Crippen molar-refractivity contribution < 1.29 is 9.32 Å². The number of nitrogens with one attached hydrogen (secondary N) is 2. The maximum absolute atomic E-state index is 11.8. The number of amides is 1. The van der Waals surface area contributed by atoms with Gasteiger partial charge in [0.2, 0.25) is 5.91 Å². The summed E-state index contributed by atoms with van der Waals surface area (Å²) in [5.41, 5.74) is 1.30. The highest BCUT2D eigenvalue weighted by Crippen LogP contribution is 2.20. The van der Waals surface area contributed by atoms with Gasteiger partial charge in [0, 0.05) is 12.3 Å². The number of thioether (sulfide) groups is 1. The zero-order valence-electron chi connectivity index (χ0n) is 10.9. The Morgan fingerprint density at radius 2 is 2.38 bits per heavy atom. The second kappa shape index (κ2) is 5.74. The van der Waals surface area contributed by atoms with Crippen LogP contribution in [-0.2, 0) is 4.79 Å². The molecule has 3 rings (SSSR count). The van der Waals surface area contributed by atoms with Gasteiger partial charge in [0.05, 0.1) is 16.3 Å². The minimum atomic E-state index is -0.195. The highest BCUT2D eigenvalue weighted by Gasteiger charge is 2.10. The number of hydrogen-bond donors (Lipinski definition) is 2. The smallest absolute Gasteiger partial charge is 0.236 e. The van der Waals surface area contributed by atoms with E-state index in [0.717, 1.165) is 5.52 Å². The SMILES string of the molecule is Cc1cc(NC(=O)CSc2nc3ncc(Cl)cc3[nH]2)no1. The molecule has 1 amide bonds. The summed E-state index contributed by atoms with van der Waals surface area (Å²) in [4.78, 5) is 23.2. The highest BCUT2D eigenvalue weighted by atomic mass is 35.5. The fourth-order valence-electron chi connectivity index (χ4n) is 1.66. The maximum atomic E-state index is 11.8. The fourth-order valence-corrected chi connectivity index (χ4v) is 2.49. The van der Waals surface area contributed by atoms with E-state index in [-0.39, 0.29) is 11.7 Å². The first-order valence-corrected chi connectivity index (χ1v) is 7.34. The molecule has 2 N–H and O–H groups in total. The number of carbonyl (C=O) groups excluding carboxylic acids is 1. The second-order valence-electron chi connectivity index (χ2n) is 4.23. The molecule has 3 heterocycles. The van der Waals surface area contributed by atoms with E-state index in [1.165, 1.54) is 18.0 Å². The van der Waals surface area contributed by atoms with Gasteiger partial charge in [0.25, 0.3) is 0 Å². The molecule has 7 nitrogen and oxygen atoms in total. The Hall–Kier alpha value is -2.06. The summed E-state index contributed by atoms with van der Waals surface area (Å²) in [5.74, 6) is 1.04. The van der Waals surface area contributed by atoms with Crippen molar-refractivity contribution in [1.29, 1.82) is 0 Å². The van der Waals surface area contributed by atoms with E-state index in [0.29, 0.717) is 27.4 Å². The van der Waals surface area contributed by atoms with Gasteiger partial charge >= 0.3 is 0 Å². The molecule has 0 spiro atoms. The summed E-state index contributed by atoms with van der Waals surface area (Å²) >= 11 is 7.12. The molecule has 3 aromatic rings. The van der Waals surface area contributed by atoms with E-state index in [9.17, 15) is 4.79 Å². The van der Waals surface area contributed by atoms with Crippen LogP contribution in [0.3, 0.4) is 0 Å². The van der Waals surface area contributed by atoms with Crippen molar-refractivity contribution in [2.45, 2.75) is 12.1 Å². The van der Waals surface area contributed by atoms with Crippen molar-refractivity contribution in [3.8, 4) is 0 Å². The van der Waals surface area contributed by atoms with Gasteiger partial charge in [-0.3, -0.25) is 4.79 Å². The largest absolute Gasteiger partial charge is 0.360 e. The highest BCUT2D eigenvalue weighted by molar-refractivity contribution is 7.99. The Morgan fingerprint density at radius 1 is 1.52 bits per heavy atom. The Bertz CT molecular complexity index is 800. The standard InChI is InChI=1S/C12H10ClN5O2S/c1-6-2-9(18-20-6)16-10(19)5-21-12-15-8-3-7(13)4-14-11(8)17-12/h2-4H,5H2,1H3,(H,14,15,17)(H,16,18,19). The number of rotatable bonds is 4. The molecule has 0 atom stereocenters. The Labute approximate surface area is 128 Å². The number of carbonyl (C=O) groups is 1. The number of aryl methyl sites for hydroxylation is 1. The predicted octanol–water partition coefficient (Wildman–Crippen LogP) is 2.64. The molecule has 108 valence electrons. The minimum absolute atomic E-state index is 0.194. The van der Waals surface area contributed by atoms with Crippen LogP contribution in [0.15, 0.2) is 28.0 Å². The van der Waals surface area contributed by atoms with E-state index < -0.39 is 0 Å². The van der Waals surface area contributed by atoms with Crippen molar-refractivity contribution in [2.24, 2.45) is 0 Å². The van der Waals surface area contributed by atoms with Crippen LogP contribution in [0.5, 0.6) is 0 Å². The average molecular weight is 324 g/mol. The topological polar surface area (TPSA) is 96.7 Å². The number of H-pyrrole nitrogens is 1. The van der Waals surface area contributed by atoms with Gasteiger partial charge in [-0.25, -0.2) is 9.97 Å². The third-order valence-corrected chi connectivity index (χ3v) is 3.60. The van der Waals surface area contributed by atoms with Crippen molar-refractivity contribution in [3.05, 3.63) is 29.1 Å². The summed E-state index contributed by atoms with van der Waals surface area (Å²) in [6.07, 6.45) is 1.53. The molecule has 0 fully saturated rings. The van der Waals surface area contributed by atoms with Crippen molar-refractivity contribution in [2.75, 3.05) is 11.1 Å². The first kappa shape index (κ1) is 13.9. The van der Waals surface area contributed by atoms with Crippen LogP contribution in [0.2, 0.25) is 5.02 Å². The second-order valence-corrected chi connectivity index (χ2v) is 5.63. The lowest BCUT2D eigenvalue weighted by Crippen LogP contribution is -2.14. The molecular formula is C12H10ClN5O2S. The summed E-state index contributed by atoms with van der Waals surface area (Å²) in [5, 5.41) is 7.46. The van der Waals surface area contributed by atoms with Gasteiger partial charge in [-0.15, -0.1) is 0 Å². The number of imidazole rings is 1. The third kappa shape index (κ3) is 3.34. The van der Waals surface area contributed by atoms with Gasteiger partial charge in [-0.2, -0.15) is 0 Å². The molecule has 9 heteroatoms. The van der Waals surface area contributed by atoms with Crippen molar-refractivity contribution >= 4 is 46.3 Å². The van der Waals surface area contributed by atoms with Crippen LogP contribution in [0.25, 0.3) is 11.2 Å².